The van der Waals surface area contributed by atoms with Gasteiger partial charge in [0.2, 0.25) is 0 Å². The summed E-state index contributed by atoms with van der Waals surface area (Å²) in [6.45, 7) is 21.6. The predicted octanol–water partition coefficient (Wildman–Crippen LogP) is 7.35. The smallest absolute Gasteiger partial charge is 0.192 e. The summed E-state index contributed by atoms with van der Waals surface area (Å²) in [5.74, 6) is 0.341. The van der Waals surface area contributed by atoms with E-state index in [0.29, 0.717) is 17.9 Å². The standard InChI is InChI=1S/C40H49NO5/c1-20(2)31-34(45)29-28-22(25-19-36(3,4)46-37(5,6)30(25)33(28)44)18-23-24-17-21-11-12-26-38(7,14-10-16-42)27(43)13-15-39(26,8)40(21,9)35(24)41(31)32(23)29/h10,14,16,18-19,21,26-27,30-31,33,43-44H,1,11-13,15,17H2,2-9H3/t21?,26?,27-,30?,31-,33+,38-,39-,40?/m0/s1. The monoisotopic (exact) mass is 623 g/mol. The summed E-state index contributed by atoms with van der Waals surface area (Å²) in [7, 11) is 0. The van der Waals surface area contributed by atoms with Gasteiger partial charge in [0.25, 0.3) is 0 Å². The number of carbonyl (C=O) groups excluding carboxylic acids is 2. The number of aromatic nitrogens is 1. The molecule has 0 radical (unpaired) electrons. The Bertz CT molecular complexity index is 1840. The molecule has 46 heavy (non-hydrogen) atoms. The molecule has 0 spiro atoms. The molecule has 0 amide bonds. The number of benzene rings is 1. The molecule has 2 N–H and O–H groups in total. The summed E-state index contributed by atoms with van der Waals surface area (Å²) in [6, 6.07) is 1.78. The molecule has 9 atom stereocenters. The minimum absolute atomic E-state index is 0.0332. The Balaban J connectivity index is 1.42. The summed E-state index contributed by atoms with van der Waals surface area (Å²) in [6.07, 6.45) is 9.68. The third kappa shape index (κ3) is 3.34. The van der Waals surface area contributed by atoms with Crippen molar-refractivity contribution in [3.63, 3.8) is 0 Å². The van der Waals surface area contributed by atoms with Crippen LogP contribution in [0.1, 0.15) is 126 Å². The van der Waals surface area contributed by atoms with Crippen LogP contribution in [0.15, 0.2) is 36.4 Å². The number of allylic oxidation sites excluding steroid dienone is 2. The van der Waals surface area contributed by atoms with Crippen LogP contribution in [0.25, 0.3) is 16.5 Å². The first-order valence-electron chi connectivity index (χ1n) is 17.3. The molecule has 0 saturated heterocycles. The molecule has 2 aromatic rings. The van der Waals surface area contributed by atoms with Gasteiger partial charge in [-0.25, -0.2) is 0 Å². The molecule has 6 heteroatoms. The average Bonchev–Trinajstić information content (AvgIpc) is 3.62. The molecule has 244 valence electrons. The van der Waals surface area contributed by atoms with E-state index in [-0.39, 0.29) is 28.4 Å². The van der Waals surface area contributed by atoms with Gasteiger partial charge in [0, 0.05) is 33.4 Å². The van der Waals surface area contributed by atoms with Gasteiger partial charge in [0.15, 0.2) is 5.78 Å². The zero-order chi connectivity index (χ0) is 33.1. The van der Waals surface area contributed by atoms with Crippen molar-refractivity contribution in [1.29, 1.82) is 0 Å². The minimum atomic E-state index is -0.845. The highest BCUT2D eigenvalue weighted by Crippen LogP contribution is 2.71. The second-order valence-corrected chi connectivity index (χ2v) is 17.3. The summed E-state index contributed by atoms with van der Waals surface area (Å²) < 4.78 is 8.85. The third-order valence-corrected chi connectivity index (χ3v) is 14.1. The molecule has 2 aliphatic heterocycles. The van der Waals surface area contributed by atoms with Crippen LogP contribution in [-0.2, 0) is 21.4 Å². The van der Waals surface area contributed by atoms with Crippen LogP contribution in [0, 0.1) is 28.6 Å². The van der Waals surface area contributed by atoms with Gasteiger partial charge in [0.1, 0.15) is 12.3 Å². The van der Waals surface area contributed by atoms with Crippen LogP contribution in [0.2, 0.25) is 0 Å². The fraction of sp³-hybridized carbons (Fsp3) is 0.600. The Morgan fingerprint density at radius 1 is 1.09 bits per heavy atom. The molecule has 8 rings (SSSR count). The Labute approximate surface area is 272 Å². The molecule has 1 aromatic carbocycles. The number of aliphatic hydroxyl groups is 2. The first-order valence-corrected chi connectivity index (χ1v) is 17.3. The van der Waals surface area contributed by atoms with Crippen molar-refractivity contribution in [2.45, 2.75) is 122 Å². The van der Waals surface area contributed by atoms with Crippen LogP contribution >= 0.6 is 0 Å². The number of nitrogens with zero attached hydrogens (tertiary/aromatic N) is 1. The number of hydrogen-bond acceptors (Lipinski definition) is 5. The molecule has 4 aliphatic carbocycles. The Morgan fingerprint density at radius 2 is 1.80 bits per heavy atom. The second-order valence-electron chi connectivity index (χ2n) is 17.3. The maximum atomic E-state index is 14.8. The van der Waals surface area contributed by atoms with E-state index in [1.165, 1.54) is 11.3 Å². The van der Waals surface area contributed by atoms with E-state index in [0.717, 1.165) is 65.1 Å². The van der Waals surface area contributed by atoms with Crippen molar-refractivity contribution in [3.8, 4) is 0 Å². The lowest BCUT2D eigenvalue weighted by atomic mass is 9.40. The first kappa shape index (κ1) is 30.5. The van der Waals surface area contributed by atoms with Crippen molar-refractivity contribution >= 4 is 28.5 Å². The number of ketones is 1. The van der Waals surface area contributed by atoms with E-state index in [2.05, 4.69) is 71.8 Å². The maximum Gasteiger partial charge on any atom is 0.192 e. The number of Topliss-reactive ketones (excluding diaryl/α,β-unsaturated/α-hetero) is 1. The lowest BCUT2D eigenvalue weighted by Gasteiger charge is -2.64. The van der Waals surface area contributed by atoms with Crippen LogP contribution in [-0.4, -0.2) is 44.2 Å². The van der Waals surface area contributed by atoms with Crippen molar-refractivity contribution in [3.05, 3.63) is 64.4 Å². The van der Waals surface area contributed by atoms with Crippen molar-refractivity contribution in [2.75, 3.05) is 0 Å². The van der Waals surface area contributed by atoms with Crippen molar-refractivity contribution < 1.29 is 24.5 Å². The van der Waals surface area contributed by atoms with E-state index in [9.17, 15) is 19.8 Å². The summed E-state index contributed by atoms with van der Waals surface area (Å²) in [4.78, 5) is 26.2. The number of hydrogen-bond donors (Lipinski definition) is 2. The lowest BCUT2D eigenvalue weighted by Crippen LogP contribution is -2.62. The Kier molecular flexibility index (Phi) is 5.97. The third-order valence-electron chi connectivity index (χ3n) is 14.1. The molecule has 1 aromatic heterocycles. The lowest BCUT2D eigenvalue weighted by molar-refractivity contribution is -0.145. The van der Waals surface area contributed by atoms with Gasteiger partial charge >= 0.3 is 0 Å². The van der Waals surface area contributed by atoms with E-state index in [4.69, 9.17) is 4.74 Å². The molecule has 3 heterocycles. The number of fused-ring (bicyclic) bond motifs is 11. The number of rotatable bonds is 3. The average molecular weight is 624 g/mol. The number of carbonyl (C=O) groups is 2. The Morgan fingerprint density at radius 3 is 2.48 bits per heavy atom. The number of aliphatic hydroxyl groups excluding tert-OH is 2. The van der Waals surface area contributed by atoms with Gasteiger partial charge in [-0.3, -0.25) is 9.59 Å². The molecular weight excluding hydrogens is 574 g/mol. The van der Waals surface area contributed by atoms with Crippen LogP contribution in [0.4, 0.5) is 0 Å². The summed E-state index contributed by atoms with van der Waals surface area (Å²) >= 11 is 0. The molecule has 2 fully saturated rings. The predicted molar refractivity (Wildman–Crippen MR) is 180 cm³/mol. The van der Waals surface area contributed by atoms with Crippen molar-refractivity contribution in [1.82, 2.24) is 4.57 Å². The van der Waals surface area contributed by atoms with Gasteiger partial charge in [-0.05, 0) is 119 Å². The number of ether oxygens (including phenoxy) is 1. The van der Waals surface area contributed by atoms with Crippen molar-refractivity contribution in [2.24, 2.45) is 28.6 Å². The molecule has 6 aliphatic rings. The van der Waals surface area contributed by atoms with Gasteiger partial charge in [-0.2, -0.15) is 0 Å². The van der Waals surface area contributed by atoms with Crippen LogP contribution in [0.3, 0.4) is 0 Å². The second kappa shape index (κ2) is 9.00. The highest BCUT2D eigenvalue weighted by molar-refractivity contribution is 6.18. The van der Waals surface area contributed by atoms with Gasteiger partial charge in [-0.1, -0.05) is 39.0 Å². The van der Waals surface area contributed by atoms with Gasteiger partial charge in [0.05, 0.1) is 34.5 Å². The van der Waals surface area contributed by atoms with E-state index in [1.807, 2.05) is 13.0 Å². The van der Waals surface area contributed by atoms with Gasteiger partial charge < -0.3 is 19.5 Å². The quantitative estimate of drug-likeness (QED) is 0.212. The molecular formula is C40H49NO5. The zero-order valence-corrected chi connectivity index (χ0v) is 28.7. The maximum absolute atomic E-state index is 14.8. The summed E-state index contributed by atoms with van der Waals surface area (Å²) in [5.41, 5.74) is 5.80. The van der Waals surface area contributed by atoms with E-state index >= 15 is 0 Å². The van der Waals surface area contributed by atoms with Gasteiger partial charge in [-0.15, -0.1) is 0 Å². The van der Waals surface area contributed by atoms with E-state index < -0.39 is 34.9 Å². The van der Waals surface area contributed by atoms with Crippen LogP contribution in [0.5, 0.6) is 0 Å². The SMILES string of the molecule is C=C(C)[C@H]1C(=O)c2c3c(cc4c5c(n1c24)C1(C)C(CCC2[C@](C)(C=CC=O)[C@@H](O)CC[C@@]21C)C5)C1=CC(C)(C)OC(C)(C)C1[C@@H]3O. The van der Waals surface area contributed by atoms with Crippen LogP contribution < -0.4 is 0 Å². The highest BCUT2D eigenvalue weighted by atomic mass is 16.5. The molecule has 6 nitrogen and oxygen atoms in total. The topological polar surface area (TPSA) is 88.8 Å². The summed E-state index contributed by atoms with van der Waals surface area (Å²) in [5, 5.41) is 24.7. The molecule has 4 unspecified atom stereocenters. The normalized spacial score (nSPS) is 41.2. The van der Waals surface area contributed by atoms with E-state index in [1.54, 1.807) is 6.08 Å². The zero-order valence-electron chi connectivity index (χ0n) is 28.7. The fourth-order valence-corrected chi connectivity index (χ4v) is 12.4. The Hall–Kier alpha value is -2.80. The largest absolute Gasteiger partial charge is 0.392 e. The minimum Gasteiger partial charge on any atom is -0.392 e. The molecule has 0 bridgehead atoms. The first-order chi connectivity index (χ1) is 21.4. The fourth-order valence-electron chi connectivity index (χ4n) is 12.4. The molecule has 2 saturated carbocycles. The number of aldehydes is 1. The highest BCUT2D eigenvalue weighted by Gasteiger charge is 2.67.